The first kappa shape index (κ1) is 14.5. The van der Waals surface area contributed by atoms with Crippen LogP contribution in [-0.4, -0.2) is 31.1 Å². The molecule has 0 radical (unpaired) electrons. The van der Waals surface area contributed by atoms with Crippen molar-refractivity contribution in [1.82, 2.24) is 4.98 Å². The number of rotatable bonds is 3. The summed E-state index contributed by atoms with van der Waals surface area (Å²) in [5.41, 5.74) is 0.612. The van der Waals surface area contributed by atoms with Crippen LogP contribution in [0.4, 0.5) is 0 Å². The third kappa shape index (κ3) is 2.41. The fourth-order valence-corrected chi connectivity index (χ4v) is 2.66. The summed E-state index contributed by atoms with van der Waals surface area (Å²) in [6.07, 6.45) is 0. The molecule has 0 aliphatic carbocycles. The van der Waals surface area contributed by atoms with E-state index in [9.17, 15) is 9.59 Å². The van der Waals surface area contributed by atoms with E-state index in [1.54, 1.807) is 0 Å². The van der Waals surface area contributed by atoms with Gasteiger partial charge in [0.15, 0.2) is 0 Å². The maximum absolute atomic E-state index is 11.6. The van der Waals surface area contributed by atoms with Gasteiger partial charge in [0, 0.05) is 0 Å². The van der Waals surface area contributed by atoms with E-state index in [-0.39, 0.29) is 17.3 Å². The molecule has 0 saturated carbocycles. The summed E-state index contributed by atoms with van der Waals surface area (Å²) in [5.74, 6) is -1.83. The number of aromatic nitrogens is 1. The van der Waals surface area contributed by atoms with E-state index in [0.29, 0.717) is 9.90 Å². The molecule has 0 atom stereocenters. The van der Waals surface area contributed by atoms with Crippen molar-refractivity contribution in [1.29, 1.82) is 0 Å². The summed E-state index contributed by atoms with van der Waals surface area (Å²) in [6.45, 7) is 1.83. The first-order valence-electron chi connectivity index (χ1n) is 5.41. The van der Waals surface area contributed by atoms with E-state index in [4.69, 9.17) is 16.0 Å². The van der Waals surface area contributed by atoms with Gasteiger partial charge in [0.2, 0.25) is 17.3 Å². The predicted octanol–water partition coefficient (Wildman–Crippen LogP) is 2.94. The Labute approximate surface area is 123 Å². The SMILES string of the molecule is COC(=O)c1nc(-c2scc(C)c2Cl)oc1C(=O)OC. The fraction of sp³-hybridized carbons (Fsp3) is 0.250. The van der Waals surface area contributed by atoms with Gasteiger partial charge < -0.3 is 13.9 Å². The maximum Gasteiger partial charge on any atom is 0.376 e. The van der Waals surface area contributed by atoms with Crippen molar-refractivity contribution in [2.75, 3.05) is 14.2 Å². The Morgan fingerprint density at radius 3 is 2.45 bits per heavy atom. The molecule has 6 nitrogen and oxygen atoms in total. The Balaban J connectivity index is 2.57. The van der Waals surface area contributed by atoms with Crippen LogP contribution >= 0.6 is 22.9 Å². The summed E-state index contributed by atoms with van der Waals surface area (Å²) in [7, 11) is 2.36. The van der Waals surface area contributed by atoms with Crippen molar-refractivity contribution in [3.8, 4) is 10.8 Å². The van der Waals surface area contributed by atoms with E-state index in [1.165, 1.54) is 25.6 Å². The molecule has 0 aromatic carbocycles. The number of carbonyl (C=O) groups is 2. The Bertz CT molecular complexity index is 642. The second-order valence-corrected chi connectivity index (χ2v) is 5.00. The molecule has 0 N–H and O–H groups in total. The van der Waals surface area contributed by atoms with Crippen LogP contribution in [0.1, 0.15) is 26.6 Å². The highest BCUT2D eigenvalue weighted by molar-refractivity contribution is 7.14. The van der Waals surface area contributed by atoms with E-state index in [2.05, 4.69) is 14.5 Å². The van der Waals surface area contributed by atoms with Gasteiger partial charge in [0.05, 0.1) is 19.2 Å². The number of hydrogen-bond acceptors (Lipinski definition) is 7. The van der Waals surface area contributed by atoms with Gasteiger partial charge in [-0.3, -0.25) is 0 Å². The second kappa shape index (κ2) is 5.64. The highest BCUT2D eigenvalue weighted by Gasteiger charge is 2.28. The minimum absolute atomic E-state index is 0.0777. The average Bonchev–Trinajstić information content (AvgIpc) is 3.02. The number of halogens is 1. The molecule has 2 aromatic heterocycles. The van der Waals surface area contributed by atoms with Gasteiger partial charge in [-0.05, 0) is 17.9 Å². The van der Waals surface area contributed by atoms with E-state index in [1.807, 2.05) is 12.3 Å². The van der Waals surface area contributed by atoms with Crippen LogP contribution in [-0.2, 0) is 9.47 Å². The molecule has 0 bridgehead atoms. The molecular formula is C12H10ClNO5S. The molecule has 8 heteroatoms. The highest BCUT2D eigenvalue weighted by Crippen LogP contribution is 2.36. The van der Waals surface area contributed by atoms with Crippen LogP contribution in [0.15, 0.2) is 9.80 Å². The molecule has 2 aromatic rings. The minimum atomic E-state index is -0.812. The first-order valence-corrected chi connectivity index (χ1v) is 6.66. The highest BCUT2D eigenvalue weighted by atomic mass is 35.5. The zero-order valence-electron chi connectivity index (χ0n) is 10.9. The number of nitrogens with zero attached hydrogens (tertiary/aromatic N) is 1. The lowest BCUT2D eigenvalue weighted by atomic mass is 10.3. The smallest absolute Gasteiger partial charge is 0.376 e. The van der Waals surface area contributed by atoms with Crippen LogP contribution in [0.5, 0.6) is 0 Å². The van der Waals surface area contributed by atoms with Gasteiger partial charge in [-0.25, -0.2) is 14.6 Å². The van der Waals surface area contributed by atoms with Crippen LogP contribution in [0.25, 0.3) is 10.8 Å². The number of hydrogen-bond donors (Lipinski definition) is 0. The van der Waals surface area contributed by atoms with Crippen molar-refractivity contribution in [3.05, 3.63) is 27.4 Å². The molecule has 0 amide bonds. The summed E-state index contributed by atoms with van der Waals surface area (Å²) >= 11 is 7.41. The van der Waals surface area contributed by atoms with Gasteiger partial charge in [0.25, 0.3) is 0 Å². The van der Waals surface area contributed by atoms with Crippen LogP contribution in [0.2, 0.25) is 5.02 Å². The quantitative estimate of drug-likeness (QED) is 0.810. The molecular weight excluding hydrogens is 306 g/mol. The van der Waals surface area contributed by atoms with Crippen LogP contribution in [0.3, 0.4) is 0 Å². The van der Waals surface area contributed by atoms with Crippen LogP contribution in [0, 0.1) is 6.92 Å². The van der Waals surface area contributed by atoms with E-state index in [0.717, 1.165) is 5.56 Å². The molecule has 106 valence electrons. The van der Waals surface area contributed by atoms with Crippen molar-refractivity contribution in [2.45, 2.75) is 6.92 Å². The van der Waals surface area contributed by atoms with Gasteiger partial charge in [-0.2, -0.15) is 0 Å². The van der Waals surface area contributed by atoms with Gasteiger partial charge >= 0.3 is 11.9 Å². The number of carbonyl (C=O) groups excluding carboxylic acids is 2. The Kier molecular flexibility index (Phi) is 4.10. The summed E-state index contributed by atoms with van der Waals surface area (Å²) < 4.78 is 14.4. The lowest BCUT2D eigenvalue weighted by Crippen LogP contribution is -2.10. The largest absolute Gasteiger partial charge is 0.464 e. The molecule has 0 fully saturated rings. The maximum atomic E-state index is 11.6. The number of esters is 2. The Hall–Kier alpha value is -1.86. The summed E-state index contributed by atoms with van der Waals surface area (Å²) in [4.78, 5) is 27.7. The van der Waals surface area contributed by atoms with Gasteiger partial charge in [-0.1, -0.05) is 11.6 Å². The minimum Gasteiger partial charge on any atom is -0.464 e. The number of oxazole rings is 1. The molecule has 0 spiro atoms. The molecule has 0 aliphatic rings. The third-order valence-corrected chi connectivity index (χ3v) is 4.16. The predicted molar refractivity (Wildman–Crippen MR) is 72.2 cm³/mol. The molecule has 20 heavy (non-hydrogen) atoms. The van der Waals surface area contributed by atoms with Gasteiger partial charge in [0.1, 0.15) is 4.88 Å². The van der Waals surface area contributed by atoms with Crippen molar-refractivity contribution in [2.24, 2.45) is 0 Å². The second-order valence-electron chi connectivity index (χ2n) is 3.74. The Morgan fingerprint density at radius 1 is 1.30 bits per heavy atom. The third-order valence-electron chi connectivity index (χ3n) is 2.47. The number of aryl methyl sites for hydroxylation is 1. The Morgan fingerprint density at radius 2 is 1.95 bits per heavy atom. The molecule has 0 saturated heterocycles. The van der Waals surface area contributed by atoms with Crippen molar-refractivity contribution in [3.63, 3.8) is 0 Å². The molecule has 2 rings (SSSR count). The first-order chi connectivity index (χ1) is 9.49. The monoisotopic (exact) mass is 315 g/mol. The molecule has 0 aliphatic heterocycles. The summed E-state index contributed by atoms with van der Waals surface area (Å²) in [6, 6.07) is 0. The number of ether oxygens (including phenoxy) is 2. The van der Waals surface area contributed by atoms with Crippen molar-refractivity contribution >= 4 is 34.9 Å². The van der Waals surface area contributed by atoms with E-state index >= 15 is 0 Å². The lowest BCUT2D eigenvalue weighted by molar-refractivity contribution is 0.0527. The fourth-order valence-electron chi connectivity index (χ4n) is 1.46. The number of thiophene rings is 1. The standard InChI is InChI=1S/C12H10ClNO5S/c1-5-4-20-9(6(5)13)10-14-7(11(15)17-2)8(19-10)12(16)18-3/h4H,1-3H3. The zero-order valence-corrected chi connectivity index (χ0v) is 12.4. The zero-order chi connectivity index (χ0) is 14.9. The topological polar surface area (TPSA) is 78.6 Å². The molecule has 0 unspecified atom stereocenters. The molecule has 2 heterocycles. The normalized spacial score (nSPS) is 10.4. The van der Waals surface area contributed by atoms with Crippen LogP contribution < -0.4 is 0 Å². The lowest BCUT2D eigenvalue weighted by Gasteiger charge is -1.96. The summed E-state index contributed by atoms with van der Waals surface area (Å²) in [5, 5.41) is 2.28. The number of methoxy groups -OCH3 is 2. The van der Waals surface area contributed by atoms with Gasteiger partial charge in [-0.15, -0.1) is 11.3 Å². The van der Waals surface area contributed by atoms with E-state index < -0.39 is 11.9 Å². The average molecular weight is 316 g/mol. The van der Waals surface area contributed by atoms with Crippen molar-refractivity contribution < 1.29 is 23.5 Å².